The second-order valence-electron chi connectivity index (χ2n) is 3.77. The fraction of sp³-hybridized carbons (Fsp3) is 0.0769. The highest BCUT2D eigenvalue weighted by Gasteiger charge is 2.20. The van der Waals surface area contributed by atoms with Crippen molar-refractivity contribution < 1.29 is 17.7 Å². The molecule has 0 saturated heterocycles. The summed E-state index contributed by atoms with van der Waals surface area (Å²) in [5, 5.41) is 2.29. The van der Waals surface area contributed by atoms with Gasteiger partial charge in [0.15, 0.2) is 5.69 Å². The molecule has 0 fully saturated rings. The Morgan fingerprint density at radius 2 is 1.69 bits per heavy atom. The van der Waals surface area contributed by atoms with Crippen molar-refractivity contribution in [2.45, 2.75) is 16.7 Å². The van der Waals surface area contributed by atoms with Crippen LogP contribution in [0.3, 0.4) is 0 Å². The van der Waals surface area contributed by atoms with E-state index in [9.17, 15) is 0 Å². The maximum atomic E-state index is 2.29. The van der Waals surface area contributed by atoms with Gasteiger partial charge in [-0.3, -0.25) is 5.32 Å². The maximum absolute atomic E-state index is 2.29. The molecule has 0 saturated carbocycles. The van der Waals surface area contributed by atoms with E-state index in [-0.39, 0.29) is 12.4 Å². The van der Waals surface area contributed by atoms with E-state index < -0.39 is 0 Å². The molecule has 0 unspecified atom stereocenters. The van der Waals surface area contributed by atoms with Crippen LogP contribution in [0.15, 0.2) is 52.3 Å². The summed E-state index contributed by atoms with van der Waals surface area (Å²) in [7, 11) is 0. The summed E-state index contributed by atoms with van der Waals surface area (Å²) >= 11 is 1.87. The van der Waals surface area contributed by atoms with Crippen LogP contribution < -0.4 is 17.7 Å². The van der Waals surface area contributed by atoms with Crippen molar-refractivity contribution in [2.75, 3.05) is 0 Å². The summed E-state index contributed by atoms with van der Waals surface area (Å²) in [6.07, 6.45) is 0. The average molecular weight is 250 g/mol. The first-order chi connectivity index (χ1) is 7.34. The van der Waals surface area contributed by atoms with E-state index in [4.69, 9.17) is 0 Å². The van der Waals surface area contributed by atoms with E-state index in [1.165, 1.54) is 26.7 Å². The third-order valence-corrected chi connectivity index (χ3v) is 3.89. The molecule has 0 aliphatic carbocycles. The average Bonchev–Trinajstić information content (AvgIpc) is 2.27. The number of rotatable bonds is 0. The molecule has 0 amide bonds. The van der Waals surface area contributed by atoms with E-state index in [1.807, 2.05) is 11.8 Å². The van der Waals surface area contributed by atoms with Gasteiger partial charge >= 0.3 is 0 Å². The molecule has 3 rings (SSSR count). The van der Waals surface area contributed by atoms with Gasteiger partial charge < -0.3 is 12.4 Å². The molecule has 0 radical (unpaired) electrons. The fourth-order valence-electron chi connectivity index (χ4n) is 1.89. The highest BCUT2D eigenvalue weighted by Crippen LogP contribution is 2.39. The van der Waals surface area contributed by atoms with Gasteiger partial charge in [0.25, 0.3) is 0 Å². The minimum atomic E-state index is 0. The summed E-state index contributed by atoms with van der Waals surface area (Å²) in [6.45, 7) is 2.17. The molecule has 16 heavy (non-hydrogen) atoms. The zero-order chi connectivity index (χ0) is 10.3. The molecular weight excluding hydrogens is 238 g/mol. The number of para-hydroxylation sites is 2. The summed E-state index contributed by atoms with van der Waals surface area (Å²) in [5.74, 6) is 0. The second-order valence-corrected chi connectivity index (χ2v) is 4.85. The van der Waals surface area contributed by atoms with Crippen LogP contribution in [0.2, 0.25) is 0 Å². The first-order valence-corrected chi connectivity index (χ1v) is 5.87. The Kier molecular flexibility index (Phi) is 3.24. The predicted molar refractivity (Wildman–Crippen MR) is 63.0 cm³/mol. The number of aryl methyl sites for hydroxylation is 1. The van der Waals surface area contributed by atoms with E-state index in [0.29, 0.717) is 0 Å². The smallest absolute Gasteiger partial charge is 0.151 e. The Balaban J connectivity index is 0.000000963. The Morgan fingerprint density at radius 3 is 2.56 bits per heavy atom. The van der Waals surface area contributed by atoms with E-state index >= 15 is 0 Å². The number of quaternary nitrogens is 1. The molecule has 2 aromatic rings. The van der Waals surface area contributed by atoms with Gasteiger partial charge in [-0.1, -0.05) is 36.0 Å². The third kappa shape index (κ3) is 1.84. The molecule has 1 heterocycles. The van der Waals surface area contributed by atoms with Crippen LogP contribution in [0.1, 0.15) is 5.56 Å². The van der Waals surface area contributed by atoms with Crippen LogP contribution in [-0.4, -0.2) is 0 Å². The zero-order valence-corrected chi connectivity index (χ0v) is 10.5. The Hall–Kier alpha value is -0.960. The number of hydrogen-bond acceptors (Lipinski definition) is 1. The van der Waals surface area contributed by atoms with E-state index in [2.05, 4.69) is 54.7 Å². The van der Waals surface area contributed by atoms with Gasteiger partial charge in [-0.15, -0.1) is 0 Å². The van der Waals surface area contributed by atoms with Crippen molar-refractivity contribution in [3.63, 3.8) is 0 Å². The zero-order valence-electron chi connectivity index (χ0n) is 8.91. The molecular formula is C13H12ClNS. The van der Waals surface area contributed by atoms with Crippen LogP contribution in [0, 0.1) is 6.92 Å². The molecule has 0 atom stereocenters. The highest BCUT2D eigenvalue weighted by molar-refractivity contribution is 7.99. The molecule has 3 heteroatoms. The minimum absolute atomic E-state index is 0. The first kappa shape index (κ1) is 11.5. The molecule has 0 bridgehead atoms. The number of halogens is 1. The maximum Gasteiger partial charge on any atom is 0.151 e. The highest BCUT2D eigenvalue weighted by atomic mass is 35.5. The summed E-state index contributed by atoms with van der Waals surface area (Å²) in [5.41, 5.74) is 4.07. The fourth-order valence-corrected chi connectivity index (χ4v) is 3.00. The summed E-state index contributed by atoms with van der Waals surface area (Å²) < 4.78 is 0. The SMILES string of the molecule is Cc1cccc2c1[NH2+]c1ccccc1S2.[Cl-]. The van der Waals surface area contributed by atoms with Gasteiger partial charge in [0.1, 0.15) is 5.69 Å². The molecule has 1 nitrogen and oxygen atoms in total. The van der Waals surface area contributed by atoms with Crippen molar-refractivity contribution in [1.82, 2.24) is 0 Å². The summed E-state index contributed by atoms with van der Waals surface area (Å²) in [4.78, 5) is 2.73. The number of benzene rings is 2. The van der Waals surface area contributed by atoms with Crippen molar-refractivity contribution in [3.05, 3.63) is 48.0 Å². The van der Waals surface area contributed by atoms with Gasteiger partial charge in [-0.05, 0) is 19.1 Å². The summed E-state index contributed by atoms with van der Waals surface area (Å²) in [6, 6.07) is 15.0. The normalized spacial score (nSPS) is 12.3. The Morgan fingerprint density at radius 1 is 0.938 bits per heavy atom. The van der Waals surface area contributed by atoms with Gasteiger partial charge in [0.05, 0.1) is 9.79 Å². The second kappa shape index (κ2) is 4.50. The lowest BCUT2D eigenvalue weighted by Crippen LogP contribution is -3.00. The van der Waals surface area contributed by atoms with Crippen LogP contribution in [0.5, 0.6) is 0 Å². The first-order valence-electron chi connectivity index (χ1n) is 5.06. The van der Waals surface area contributed by atoms with Crippen LogP contribution in [0.4, 0.5) is 11.4 Å². The third-order valence-electron chi connectivity index (χ3n) is 2.72. The molecule has 1 aliphatic rings. The monoisotopic (exact) mass is 249 g/mol. The number of fused-ring (bicyclic) bond motifs is 2. The van der Waals surface area contributed by atoms with Crippen molar-refractivity contribution in [1.29, 1.82) is 0 Å². The van der Waals surface area contributed by atoms with Crippen molar-refractivity contribution in [3.8, 4) is 0 Å². The lowest BCUT2D eigenvalue weighted by atomic mass is 10.2. The van der Waals surface area contributed by atoms with Crippen LogP contribution >= 0.6 is 11.8 Å². The van der Waals surface area contributed by atoms with Gasteiger partial charge in [-0.25, -0.2) is 0 Å². The van der Waals surface area contributed by atoms with Crippen molar-refractivity contribution >= 4 is 23.1 Å². The van der Waals surface area contributed by atoms with E-state index in [0.717, 1.165) is 0 Å². The largest absolute Gasteiger partial charge is 1.00 e. The lowest BCUT2D eigenvalue weighted by Gasteiger charge is -2.16. The topological polar surface area (TPSA) is 16.6 Å². The Labute approximate surface area is 106 Å². The predicted octanol–water partition coefficient (Wildman–Crippen LogP) is -0.00978. The standard InChI is InChI=1S/C13H11NS.ClH/c1-9-5-4-8-12-13(9)14-10-6-2-3-7-11(10)15-12;/h2-8,14H,1H3;1H. The lowest BCUT2D eigenvalue weighted by molar-refractivity contribution is -0.485. The van der Waals surface area contributed by atoms with Crippen LogP contribution in [0.25, 0.3) is 0 Å². The molecule has 1 aliphatic heterocycles. The van der Waals surface area contributed by atoms with Crippen molar-refractivity contribution in [2.24, 2.45) is 0 Å². The molecule has 2 aromatic carbocycles. The van der Waals surface area contributed by atoms with Gasteiger partial charge in [-0.2, -0.15) is 0 Å². The molecule has 2 N–H and O–H groups in total. The molecule has 0 spiro atoms. The quantitative estimate of drug-likeness (QED) is 0.555. The number of nitrogens with two attached hydrogens (primary N) is 1. The van der Waals surface area contributed by atoms with Gasteiger partial charge in [0, 0.05) is 11.6 Å². The van der Waals surface area contributed by atoms with Crippen LogP contribution in [-0.2, 0) is 0 Å². The van der Waals surface area contributed by atoms with E-state index in [1.54, 1.807) is 0 Å². The van der Waals surface area contributed by atoms with Gasteiger partial charge in [0.2, 0.25) is 0 Å². The molecule has 82 valence electrons. The molecule has 0 aromatic heterocycles. The minimum Gasteiger partial charge on any atom is -1.00 e. The number of hydrogen-bond donors (Lipinski definition) is 1. The Bertz CT molecular complexity index is 525.